The minimum absolute atomic E-state index is 0.0659. The number of fused-ring (bicyclic) bond motifs is 1. The molecule has 0 atom stereocenters. The largest absolute Gasteiger partial charge is 0.507 e. The van der Waals surface area contributed by atoms with Crippen LogP contribution in [0.2, 0.25) is 0 Å². The third-order valence-corrected chi connectivity index (χ3v) is 3.34. The third kappa shape index (κ3) is 1.89. The fraction of sp³-hybridized carbons (Fsp3) is 0. The molecule has 3 aromatic carbocycles. The second-order valence-corrected chi connectivity index (χ2v) is 4.53. The summed E-state index contributed by atoms with van der Waals surface area (Å²) < 4.78 is 0. The number of carboxylic acid groups (broad SMARTS) is 1. The molecule has 0 amide bonds. The maximum absolute atomic E-state index is 11.4. The van der Waals surface area contributed by atoms with E-state index >= 15 is 0 Å². The number of carboxylic acids is 1. The molecular formula is C17H12O3. The lowest BCUT2D eigenvalue weighted by molar-refractivity contribution is 0.0694. The first-order valence-electron chi connectivity index (χ1n) is 6.22. The summed E-state index contributed by atoms with van der Waals surface area (Å²) in [6.07, 6.45) is 0. The van der Waals surface area contributed by atoms with Gasteiger partial charge in [-0.15, -0.1) is 0 Å². The van der Waals surface area contributed by atoms with E-state index in [1.807, 2.05) is 42.5 Å². The first-order valence-corrected chi connectivity index (χ1v) is 6.22. The average molecular weight is 264 g/mol. The molecule has 3 aromatic rings. The zero-order valence-electron chi connectivity index (χ0n) is 10.6. The Labute approximate surface area is 115 Å². The Morgan fingerprint density at radius 1 is 0.800 bits per heavy atom. The fourth-order valence-electron chi connectivity index (χ4n) is 2.45. The van der Waals surface area contributed by atoms with Crippen LogP contribution < -0.4 is 0 Å². The highest BCUT2D eigenvalue weighted by atomic mass is 16.4. The van der Waals surface area contributed by atoms with Crippen molar-refractivity contribution < 1.29 is 15.0 Å². The molecule has 0 aromatic heterocycles. The molecular weight excluding hydrogens is 252 g/mol. The molecule has 0 saturated heterocycles. The summed E-state index contributed by atoms with van der Waals surface area (Å²) in [7, 11) is 0. The van der Waals surface area contributed by atoms with Gasteiger partial charge in [-0.1, -0.05) is 54.6 Å². The highest BCUT2D eigenvalue weighted by Gasteiger charge is 2.17. The average Bonchev–Trinajstić information content (AvgIpc) is 2.46. The van der Waals surface area contributed by atoms with Crippen LogP contribution in [0.15, 0.2) is 60.7 Å². The van der Waals surface area contributed by atoms with Gasteiger partial charge < -0.3 is 10.2 Å². The van der Waals surface area contributed by atoms with Crippen LogP contribution in [0.5, 0.6) is 5.75 Å². The zero-order valence-corrected chi connectivity index (χ0v) is 10.6. The molecule has 0 radical (unpaired) electrons. The topological polar surface area (TPSA) is 57.5 Å². The molecule has 0 spiro atoms. The number of hydrogen-bond donors (Lipinski definition) is 2. The molecule has 0 heterocycles. The molecule has 3 rings (SSSR count). The van der Waals surface area contributed by atoms with Gasteiger partial charge in [0.25, 0.3) is 0 Å². The van der Waals surface area contributed by atoms with Crippen LogP contribution >= 0.6 is 0 Å². The number of phenols is 1. The van der Waals surface area contributed by atoms with E-state index in [4.69, 9.17) is 0 Å². The van der Waals surface area contributed by atoms with E-state index in [2.05, 4.69) is 0 Å². The first-order chi connectivity index (χ1) is 9.68. The molecule has 0 aliphatic rings. The van der Waals surface area contributed by atoms with Gasteiger partial charge in [0.05, 0.1) is 0 Å². The van der Waals surface area contributed by atoms with Gasteiger partial charge >= 0.3 is 5.97 Å². The monoisotopic (exact) mass is 264 g/mol. The second kappa shape index (κ2) is 4.70. The van der Waals surface area contributed by atoms with Gasteiger partial charge in [0, 0.05) is 5.56 Å². The lowest BCUT2D eigenvalue weighted by Gasteiger charge is -2.11. The molecule has 0 fully saturated rings. The Morgan fingerprint density at radius 2 is 1.45 bits per heavy atom. The molecule has 2 N–H and O–H groups in total. The lowest BCUT2D eigenvalue weighted by atomic mass is 9.94. The Balaban J connectivity index is 2.37. The van der Waals surface area contributed by atoms with E-state index in [9.17, 15) is 15.0 Å². The highest BCUT2D eigenvalue weighted by Crippen LogP contribution is 2.34. The summed E-state index contributed by atoms with van der Waals surface area (Å²) in [5.74, 6) is -1.35. The number of hydrogen-bond acceptors (Lipinski definition) is 2. The van der Waals surface area contributed by atoms with E-state index in [0.717, 1.165) is 16.3 Å². The Kier molecular flexibility index (Phi) is 2.88. The van der Waals surface area contributed by atoms with Crippen LogP contribution in [0.25, 0.3) is 21.9 Å². The molecule has 3 nitrogen and oxygen atoms in total. The number of carbonyl (C=O) groups is 1. The van der Waals surface area contributed by atoms with Crippen molar-refractivity contribution in [3.63, 3.8) is 0 Å². The maximum Gasteiger partial charge on any atom is 0.340 e. The number of benzene rings is 3. The van der Waals surface area contributed by atoms with Crippen molar-refractivity contribution in [2.75, 3.05) is 0 Å². The van der Waals surface area contributed by atoms with Crippen LogP contribution in [-0.2, 0) is 0 Å². The standard InChI is InChI=1S/C17H12O3/c18-15-10-4-9-14(16(15)17(19)20)13-8-3-6-11-5-1-2-7-12(11)13/h1-10,18H,(H,19,20). The normalized spacial score (nSPS) is 10.6. The van der Waals surface area contributed by atoms with Crippen LogP contribution in [-0.4, -0.2) is 16.2 Å². The quantitative estimate of drug-likeness (QED) is 0.737. The van der Waals surface area contributed by atoms with Gasteiger partial charge in [0.1, 0.15) is 11.3 Å². The van der Waals surface area contributed by atoms with Crippen LogP contribution in [0, 0.1) is 0 Å². The van der Waals surface area contributed by atoms with Gasteiger partial charge in [0.15, 0.2) is 0 Å². The Bertz CT molecular complexity index is 801. The molecule has 20 heavy (non-hydrogen) atoms. The Morgan fingerprint density at radius 3 is 2.25 bits per heavy atom. The molecule has 3 heteroatoms. The molecule has 0 aliphatic carbocycles. The number of rotatable bonds is 2. The summed E-state index contributed by atoms with van der Waals surface area (Å²) in [6.45, 7) is 0. The lowest BCUT2D eigenvalue weighted by Crippen LogP contribution is -2.00. The van der Waals surface area contributed by atoms with E-state index in [0.29, 0.717) is 5.56 Å². The van der Waals surface area contributed by atoms with Crippen molar-refractivity contribution in [1.29, 1.82) is 0 Å². The first kappa shape index (κ1) is 12.2. The number of aromatic hydroxyl groups is 1. The summed E-state index contributed by atoms with van der Waals surface area (Å²) in [5, 5.41) is 21.1. The van der Waals surface area contributed by atoms with Gasteiger partial charge in [-0.25, -0.2) is 4.79 Å². The van der Waals surface area contributed by atoms with Crippen molar-refractivity contribution in [3.05, 3.63) is 66.2 Å². The maximum atomic E-state index is 11.4. The van der Waals surface area contributed by atoms with Gasteiger partial charge in [0.2, 0.25) is 0 Å². The minimum atomic E-state index is -1.13. The highest BCUT2D eigenvalue weighted by molar-refractivity contribution is 6.05. The fourth-order valence-corrected chi connectivity index (χ4v) is 2.45. The van der Waals surface area contributed by atoms with Crippen molar-refractivity contribution in [1.82, 2.24) is 0 Å². The summed E-state index contributed by atoms with van der Waals surface area (Å²) in [4.78, 5) is 11.4. The Hall–Kier alpha value is -2.81. The molecule has 0 saturated carbocycles. The van der Waals surface area contributed by atoms with E-state index < -0.39 is 5.97 Å². The van der Waals surface area contributed by atoms with Crippen molar-refractivity contribution in [3.8, 4) is 16.9 Å². The summed E-state index contributed by atoms with van der Waals surface area (Å²) in [5.41, 5.74) is 1.26. The van der Waals surface area contributed by atoms with Crippen LogP contribution in [0.1, 0.15) is 10.4 Å². The third-order valence-electron chi connectivity index (χ3n) is 3.34. The second-order valence-electron chi connectivity index (χ2n) is 4.53. The summed E-state index contributed by atoms with van der Waals surface area (Å²) >= 11 is 0. The van der Waals surface area contributed by atoms with Gasteiger partial charge in [-0.2, -0.15) is 0 Å². The van der Waals surface area contributed by atoms with Crippen LogP contribution in [0.4, 0.5) is 0 Å². The molecule has 0 bridgehead atoms. The SMILES string of the molecule is O=C(O)c1c(O)cccc1-c1cccc2ccccc12. The zero-order chi connectivity index (χ0) is 14.1. The van der Waals surface area contributed by atoms with Crippen molar-refractivity contribution in [2.24, 2.45) is 0 Å². The van der Waals surface area contributed by atoms with E-state index in [1.54, 1.807) is 12.1 Å². The van der Waals surface area contributed by atoms with Crippen molar-refractivity contribution >= 4 is 16.7 Å². The summed E-state index contributed by atoms with van der Waals surface area (Å²) in [6, 6.07) is 18.2. The smallest absolute Gasteiger partial charge is 0.340 e. The predicted molar refractivity (Wildman–Crippen MR) is 78.0 cm³/mol. The van der Waals surface area contributed by atoms with Crippen molar-refractivity contribution in [2.45, 2.75) is 0 Å². The van der Waals surface area contributed by atoms with E-state index in [-0.39, 0.29) is 11.3 Å². The van der Waals surface area contributed by atoms with E-state index in [1.165, 1.54) is 6.07 Å². The predicted octanol–water partition coefficient (Wildman–Crippen LogP) is 3.91. The van der Waals surface area contributed by atoms with Crippen LogP contribution in [0.3, 0.4) is 0 Å². The molecule has 0 unspecified atom stereocenters. The number of aromatic carboxylic acids is 1. The van der Waals surface area contributed by atoms with Gasteiger partial charge in [-0.3, -0.25) is 0 Å². The minimum Gasteiger partial charge on any atom is -0.507 e. The molecule has 98 valence electrons. The van der Waals surface area contributed by atoms with Gasteiger partial charge in [-0.05, 0) is 22.4 Å². The molecule has 0 aliphatic heterocycles.